The van der Waals surface area contributed by atoms with E-state index in [1.165, 1.54) is 6.42 Å². The monoisotopic (exact) mass is 269 g/mol. The smallest absolute Gasteiger partial charge is 0.150 e. The van der Waals surface area contributed by atoms with Crippen LogP contribution in [-0.4, -0.2) is 34.7 Å². The van der Waals surface area contributed by atoms with Gasteiger partial charge in [0.15, 0.2) is 0 Å². The van der Waals surface area contributed by atoms with Crippen molar-refractivity contribution in [1.29, 1.82) is 0 Å². The Morgan fingerprint density at radius 1 is 1.17 bits per heavy atom. The van der Waals surface area contributed by atoms with Gasteiger partial charge in [0.25, 0.3) is 0 Å². The summed E-state index contributed by atoms with van der Waals surface area (Å²) in [6, 6.07) is 0. The van der Waals surface area contributed by atoms with Crippen molar-refractivity contribution in [3.05, 3.63) is 11.6 Å². The Morgan fingerprint density at radius 2 is 1.89 bits per heavy atom. The van der Waals surface area contributed by atoms with Crippen molar-refractivity contribution in [2.24, 2.45) is 5.92 Å². The van der Waals surface area contributed by atoms with E-state index in [2.05, 4.69) is 21.7 Å². The van der Waals surface area contributed by atoms with Crippen molar-refractivity contribution >= 4 is 9.84 Å². The molecular formula is C12H19N3O2S. The third kappa shape index (κ3) is 2.18. The second kappa shape index (κ2) is 4.33. The number of hydrogen-bond donors (Lipinski definition) is 0. The fourth-order valence-electron chi connectivity index (χ4n) is 2.96. The molecule has 1 aromatic rings. The van der Waals surface area contributed by atoms with Gasteiger partial charge in [-0.05, 0) is 25.2 Å². The van der Waals surface area contributed by atoms with Gasteiger partial charge in [0, 0.05) is 18.9 Å². The Hall–Kier alpha value is -0.910. The molecule has 0 bridgehead atoms. The minimum atomic E-state index is -2.80. The van der Waals surface area contributed by atoms with Crippen molar-refractivity contribution in [1.82, 2.24) is 14.8 Å². The highest BCUT2D eigenvalue weighted by Gasteiger charge is 2.30. The van der Waals surface area contributed by atoms with E-state index in [-0.39, 0.29) is 5.92 Å². The summed E-state index contributed by atoms with van der Waals surface area (Å²) in [6.45, 7) is 3.24. The summed E-state index contributed by atoms with van der Waals surface area (Å²) in [5.41, 5.74) is 0. The third-order valence-corrected chi connectivity index (χ3v) is 5.85. The number of hydrogen-bond acceptors (Lipinski definition) is 4. The van der Waals surface area contributed by atoms with Crippen LogP contribution < -0.4 is 0 Å². The highest BCUT2D eigenvalue weighted by molar-refractivity contribution is 7.91. The van der Waals surface area contributed by atoms with Crippen LogP contribution in [0.1, 0.15) is 43.8 Å². The number of aromatic nitrogens is 3. The summed E-state index contributed by atoms with van der Waals surface area (Å²) in [7, 11) is -2.80. The number of nitrogens with zero attached hydrogens (tertiary/aromatic N) is 3. The maximum absolute atomic E-state index is 11.5. The van der Waals surface area contributed by atoms with Crippen LogP contribution in [0.3, 0.4) is 0 Å². The van der Waals surface area contributed by atoms with Crippen LogP contribution in [0.25, 0.3) is 0 Å². The maximum atomic E-state index is 11.5. The van der Waals surface area contributed by atoms with Crippen LogP contribution in [0, 0.1) is 5.92 Å². The first-order chi connectivity index (χ1) is 8.55. The first-order valence-electron chi connectivity index (χ1n) is 6.67. The summed E-state index contributed by atoms with van der Waals surface area (Å²) in [4.78, 5) is 0. The van der Waals surface area contributed by atoms with Crippen LogP contribution in [0.4, 0.5) is 0 Å². The van der Waals surface area contributed by atoms with Crippen LogP contribution in [0.2, 0.25) is 0 Å². The molecule has 6 heteroatoms. The molecule has 0 aromatic carbocycles. The number of sulfone groups is 1. The van der Waals surface area contributed by atoms with Crippen LogP contribution in [-0.2, 0) is 22.8 Å². The van der Waals surface area contributed by atoms with Gasteiger partial charge in [-0.25, -0.2) is 8.42 Å². The maximum Gasteiger partial charge on any atom is 0.150 e. The molecule has 1 aromatic heterocycles. The lowest BCUT2D eigenvalue weighted by Crippen LogP contribution is -2.26. The van der Waals surface area contributed by atoms with E-state index in [1.807, 2.05) is 0 Å². The van der Waals surface area contributed by atoms with Crippen LogP contribution >= 0.6 is 0 Å². The average molecular weight is 269 g/mol. The Labute approximate surface area is 108 Å². The number of aryl methyl sites for hydroxylation is 1. The van der Waals surface area contributed by atoms with E-state index < -0.39 is 9.84 Å². The standard InChI is InChI=1S/C12H19N3O2S/c1-9-2-3-11-13-14-12(15(11)8-9)10-4-6-18(16,17)7-5-10/h9-10H,2-8H2,1H3. The molecule has 5 nitrogen and oxygen atoms in total. The molecule has 0 N–H and O–H groups in total. The summed E-state index contributed by atoms with van der Waals surface area (Å²) in [5, 5.41) is 8.59. The molecule has 0 saturated carbocycles. The topological polar surface area (TPSA) is 64.8 Å². The highest BCUT2D eigenvalue weighted by Crippen LogP contribution is 2.30. The van der Waals surface area contributed by atoms with Gasteiger partial charge in [-0.2, -0.15) is 0 Å². The van der Waals surface area contributed by atoms with Crippen molar-refractivity contribution in [2.75, 3.05) is 11.5 Å². The fraction of sp³-hybridized carbons (Fsp3) is 0.833. The highest BCUT2D eigenvalue weighted by atomic mass is 32.2. The zero-order chi connectivity index (χ0) is 12.8. The van der Waals surface area contributed by atoms with E-state index in [9.17, 15) is 8.42 Å². The molecule has 18 heavy (non-hydrogen) atoms. The third-order valence-electron chi connectivity index (χ3n) is 4.13. The molecule has 3 rings (SSSR count). The Bertz CT molecular complexity index is 536. The summed E-state index contributed by atoms with van der Waals surface area (Å²) < 4.78 is 25.2. The van der Waals surface area contributed by atoms with Gasteiger partial charge in [0.2, 0.25) is 0 Å². The largest absolute Gasteiger partial charge is 0.314 e. The summed E-state index contributed by atoms with van der Waals surface area (Å²) in [6.07, 6.45) is 3.58. The molecule has 0 spiro atoms. The van der Waals surface area contributed by atoms with E-state index in [0.717, 1.165) is 24.6 Å². The van der Waals surface area contributed by atoms with Crippen LogP contribution in [0.15, 0.2) is 0 Å². The second-order valence-electron chi connectivity index (χ2n) is 5.65. The van der Waals surface area contributed by atoms with Gasteiger partial charge >= 0.3 is 0 Å². The molecule has 2 aliphatic heterocycles. The Kier molecular flexibility index (Phi) is 2.92. The lowest BCUT2D eigenvalue weighted by molar-refractivity contribution is 0.376. The van der Waals surface area contributed by atoms with Crippen molar-refractivity contribution < 1.29 is 8.42 Å². The Morgan fingerprint density at radius 3 is 2.61 bits per heavy atom. The van der Waals surface area contributed by atoms with Gasteiger partial charge in [-0.1, -0.05) is 6.92 Å². The normalized spacial score (nSPS) is 27.9. The zero-order valence-electron chi connectivity index (χ0n) is 10.7. The van der Waals surface area contributed by atoms with Gasteiger partial charge in [0.1, 0.15) is 21.5 Å². The van der Waals surface area contributed by atoms with Gasteiger partial charge in [0.05, 0.1) is 11.5 Å². The molecule has 1 atom stereocenters. The SMILES string of the molecule is CC1CCc2nnc(C3CCS(=O)(=O)CC3)n2C1. The van der Waals surface area contributed by atoms with E-state index >= 15 is 0 Å². The minimum absolute atomic E-state index is 0.278. The second-order valence-corrected chi connectivity index (χ2v) is 7.96. The Balaban J connectivity index is 1.84. The average Bonchev–Trinajstić information content (AvgIpc) is 2.72. The quantitative estimate of drug-likeness (QED) is 0.767. The van der Waals surface area contributed by atoms with Gasteiger partial charge in [-0.3, -0.25) is 0 Å². The van der Waals surface area contributed by atoms with Crippen molar-refractivity contribution in [2.45, 2.75) is 45.1 Å². The molecule has 3 heterocycles. The summed E-state index contributed by atoms with van der Waals surface area (Å²) >= 11 is 0. The molecule has 1 fully saturated rings. The molecule has 0 radical (unpaired) electrons. The predicted molar refractivity (Wildman–Crippen MR) is 68.1 cm³/mol. The molecule has 2 aliphatic rings. The van der Waals surface area contributed by atoms with Crippen molar-refractivity contribution in [3.8, 4) is 0 Å². The summed E-state index contributed by atoms with van der Waals surface area (Å²) in [5.74, 6) is 3.65. The van der Waals surface area contributed by atoms with E-state index in [0.29, 0.717) is 30.3 Å². The van der Waals surface area contributed by atoms with Gasteiger partial charge in [-0.15, -0.1) is 10.2 Å². The molecule has 1 saturated heterocycles. The molecule has 0 aliphatic carbocycles. The lowest BCUT2D eigenvalue weighted by atomic mass is 9.98. The van der Waals surface area contributed by atoms with Crippen LogP contribution in [0.5, 0.6) is 0 Å². The van der Waals surface area contributed by atoms with Crippen molar-refractivity contribution in [3.63, 3.8) is 0 Å². The molecule has 0 amide bonds. The molecular weight excluding hydrogens is 250 g/mol. The molecule has 100 valence electrons. The van der Waals surface area contributed by atoms with E-state index in [4.69, 9.17) is 0 Å². The fourth-order valence-corrected chi connectivity index (χ4v) is 4.45. The molecule has 1 unspecified atom stereocenters. The number of rotatable bonds is 1. The number of fused-ring (bicyclic) bond motifs is 1. The zero-order valence-corrected chi connectivity index (χ0v) is 11.5. The predicted octanol–water partition coefficient (Wildman–Crippen LogP) is 1.15. The lowest BCUT2D eigenvalue weighted by Gasteiger charge is -2.25. The first-order valence-corrected chi connectivity index (χ1v) is 8.50. The van der Waals surface area contributed by atoms with E-state index in [1.54, 1.807) is 0 Å². The minimum Gasteiger partial charge on any atom is -0.314 e. The first kappa shape index (κ1) is 12.1. The van der Waals surface area contributed by atoms with Gasteiger partial charge < -0.3 is 4.57 Å².